The molecule has 2 heterocycles. The maximum absolute atomic E-state index is 12.2. The Kier molecular flexibility index (Phi) is 4.68. The molecule has 2 N–H and O–H groups in total. The second-order valence-corrected chi connectivity index (χ2v) is 5.97. The van der Waals surface area contributed by atoms with Gasteiger partial charge in [0.2, 0.25) is 0 Å². The molecule has 0 fully saturated rings. The summed E-state index contributed by atoms with van der Waals surface area (Å²) < 4.78 is 0. The van der Waals surface area contributed by atoms with Gasteiger partial charge in [0.15, 0.2) is 0 Å². The SMILES string of the molecule is CC(NC(=O)Nc1cccc(-c2ccsc2)c1)c1ccncc1. The fourth-order valence-corrected chi connectivity index (χ4v) is 2.97. The molecule has 1 aromatic carbocycles. The summed E-state index contributed by atoms with van der Waals surface area (Å²) in [4.78, 5) is 16.1. The topological polar surface area (TPSA) is 54.0 Å². The summed E-state index contributed by atoms with van der Waals surface area (Å²) in [6, 6.07) is 13.4. The number of urea groups is 1. The van der Waals surface area contributed by atoms with Crippen molar-refractivity contribution in [3.8, 4) is 11.1 Å². The van der Waals surface area contributed by atoms with E-state index < -0.39 is 0 Å². The van der Waals surface area contributed by atoms with E-state index in [1.54, 1.807) is 23.7 Å². The van der Waals surface area contributed by atoms with E-state index in [-0.39, 0.29) is 12.1 Å². The van der Waals surface area contributed by atoms with Crippen LogP contribution in [0.25, 0.3) is 11.1 Å². The number of anilines is 1. The second kappa shape index (κ2) is 7.07. The van der Waals surface area contributed by atoms with E-state index in [1.807, 2.05) is 48.7 Å². The zero-order chi connectivity index (χ0) is 16.1. The van der Waals surface area contributed by atoms with Crippen LogP contribution in [0.5, 0.6) is 0 Å². The van der Waals surface area contributed by atoms with Gasteiger partial charge in [-0.2, -0.15) is 11.3 Å². The van der Waals surface area contributed by atoms with Gasteiger partial charge in [-0.1, -0.05) is 12.1 Å². The van der Waals surface area contributed by atoms with Gasteiger partial charge in [-0.3, -0.25) is 4.98 Å². The smallest absolute Gasteiger partial charge is 0.319 e. The van der Waals surface area contributed by atoms with Crippen LogP contribution in [0.15, 0.2) is 65.6 Å². The van der Waals surface area contributed by atoms with E-state index in [4.69, 9.17) is 0 Å². The Hall–Kier alpha value is -2.66. The first-order valence-corrected chi connectivity index (χ1v) is 8.27. The number of hydrogen-bond acceptors (Lipinski definition) is 3. The minimum Gasteiger partial charge on any atom is -0.331 e. The monoisotopic (exact) mass is 323 g/mol. The number of pyridine rings is 1. The normalized spacial score (nSPS) is 11.7. The Labute approximate surface area is 139 Å². The molecule has 3 aromatic rings. The predicted molar refractivity (Wildman–Crippen MR) is 94.6 cm³/mol. The van der Waals surface area contributed by atoms with Gasteiger partial charge in [0, 0.05) is 18.1 Å². The van der Waals surface area contributed by atoms with Crippen LogP contribution in [0.3, 0.4) is 0 Å². The highest BCUT2D eigenvalue weighted by molar-refractivity contribution is 7.08. The first kappa shape index (κ1) is 15.2. The number of benzene rings is 1. The Bertz CT molecular complexity index is 772. The van der Waals surface area contributed by atoms with Gasteiger partial charge in [0.05, 0.1) is 6.04 Å². The molecule has 0 radical (unpaired) electrons. The summed E-state index contributed by atoms with van der Waals surface area (Å²) >= 11 is 1.66. The average Bonchev–Trinajstić information content (AvgIpc) is 3.10. The van der Waals surface area contributed by atoms with E-state index in [1.165, 1.54) is 0 Å². The van der Waals surface area contributed by atoms with Crippen molar-refractivity contribution >= 4 is 23.1 Å². The van der Waals surface area contributed by atoms with Crippen LogP contribution in [-0.4, -0.2) is 11.0 Å². The molecule has 5 heteroatoms. The molecule has 0 aliphatic rings. The lowest BCUT2D eigenvalue weighted by molar-refractivity contribution is 0.249. The summed E-state index contributed by atoms with van der Waals surface area (Å²) in [6.07, 6.45) is 3.44. The summed E-state index contributed by atoms with van der Waals surface area (Å²) in [6.45, 7) is 1.94. The van der Waals surface area contributed by atoms with Crippen LogP contribution in [-0.2, 0) is 0 Å². The van der Waals surface area contributed by atoms with Crippen LogP contribution >= 0.6 is 11.3 Å². The number of hydrogen-bond donors (Lipinski definition) is 2. The minimum atomic E-state index is -0.225. The molecule has 0 saturated carbocycles. The van der Waals surface area contributed by atoms with E-state index in [2.05, 4.69) is 27.1 Å². The Morgan fingerprint density at radius 1 is 1.13 bits per heavy atom. The molecule has 0 saturated heterocycles. The molecule has 0 spiro atoms. The summed E-state index contributed by atoms with van der Waals surface area (Å²) in [5.41, 5.74) is 4.03. The molecule has 4 nitrogen and oxygen atoms in total. The third kappa shape index (κ3) is 3.96. The standard InChI is InChI=1S/C18H17N3OS/c1-13(14-5-8-19-9-6-14)20-18(22)21-17-4-2-3-15(11-17)16-7-10-23-12-16/h2-13H,1H3,(H2,20,21,22). The fraction of sp³-hybridized carbons (Fsp3) is 0.111. The Balaban J connectivity index is 1.65. The van der Waals surface area contributed by atoms with Gasteiger partial charge < -0.3 is 10.6 Å². The second-order valence-electron chi connectivity index (χ2n) is 5.19. The molecular weight excluding hydrogens is 306 g/mol. The maximum Gasteiger partial charge on any atom is 0.319 e. The van der Waals surface area contributed by atoms with Crippen LogP contribution in [0, 0.1) is 0 Å². The average molecular weight is 323 g/mol. The zero-order valence-electron chi connectivity index (χ0n) is 12.7. The van der Waals surface area contributed by atoms with Gasteiger partial charge in [-0.05, 0) is 64.7 Å². The van der Waals surface area contributed by atoms with Crippen LogP contribution < -0.4 is 10.6 Å². The van der Waals surface area contributed by atoms with Crippen molar-refractivity contribution < 1.29 is 4.79 Å². The van der Waals surface area contributed by atoms with Crippen LogP contribution in [0.2, 0.25) is 0 Å². The number of aromatic nitrogens is 1. The molecule has 2 amide bonds. The van der Waals surface area contributed by atoms with Crippen molar-refractivity contribution in [1.82, 2.24) is 10.3 Å². The van der Waals surface area contributed by atoms with Gasteiger partial charge >= 0.3 is 6.03 Å². The Morgan fingerprint density at radius 2 is 1.96 bits per heavy atom. The molecule has 0 aliphatic heterocycles. The van der Waals surface area contributed by atoms with Crippen molar-refractivity contribution in [1.29, 1.82) is 0 Å². The third-order valence-electron chi connectivity index (χ3n) is 3.53. The lowest BCUT2D eigenvalue weighted by atomic mass is 10.1. The third-order valence-corrected chi connectivity index (χ3v) is 4.21. The van der Waals surface area contributed by atoms with Gasteiger partial charge in [0.25, 0.3) is 0 Å². The molecule has 23 heavy (non-hydrogen) atoms. The van der Waals surface area contributed by atoms with Gasteiger partial charge in [-0.25, -0.2) is 4.79 Å². The fourth-order valence-electron chi connectivity index (χ4n) is 2.30. The highest BCUT2D eigenvalue weighted by atomic mass is 32.1. The summed E-state index contributed by atoms with van der Waals surface area (Å²) in [5.74, 6) is 0. The van der Waals surface area contributed by atoms with E-state index in [9.17, 15) is 4.79 Å². The van der Waals surface area contributed by atoms with Crippen LogP contribution in [0.1, 0.15) is 18.5 Å². The number of rotatable bonds is 4. The number of amides is 2. The first-order valence-electron chi connectivity index (χ1n) is 7.32. The Morgan fingerprint density at radius 3 is 2.70 bits per heavy atom. The van der Waals surface area contributed by atoms with Crippen molar-refractivity contribution in [2.45, 2.75) is 13.0 Å². The lowest BCUT2D eigenvalue weighted by Crippen LogP contribution is -2.31. The number of carbonyl (C=O) groups is 1. The van der Waals surface area contributed by atoms with Crippen LogP contribution in [0.4, 0.5) is 10.5 Å². The van der Waals surface area contributed by atoms with Gasteiger partial charge in [0.1, 0.15) is 0 Å². The molecule has 1 atom stereocenters. The van der Waals surface area contributed by atoms with Crippen molar-refractivity contribution in [3.05, 3.63) is 71.2 Å². The molecular formula is C18H17N3OS. The van der Waals surface area contributed by atoms with E-state index in [0.717, 1.165) is 22.4 Å². The van der Waals surface area contributed by atoms with Crippen molar-refractivity contribution in [2.24, 2.45) is 0 Å². The van der Waals surface area contributed by atoms with Crippen molar-refractivity contribution in [3.63, 3.8) is 0 Å². The number of thiophene rings is 1. The predicted octanol–water partition coefficient (Wildman–Crippen LogP) is 4.69. The van der Waals surface area contributed by atoms with Crippen molar-refractivity contribution in [2.75, 3.05) is 5.32 Å². The lowest BCUT2D eigenvalue weighted by Gasteiger charge is -2.15. The maximum atomic E-state index is 12.2. The quantitative estimate of drug-likeness (QED) is 0.731. The zero-order valence-corrected chi connectivity index (χ0v) is 13.5. The summed E-state index contributed by atoms with van der Waals surface area (Å²) in [5, 5.41) is 9.93. The van der Waals surface area contributed by atoms with Gasteiger partial charge in [-0.15, -0.1) is 0 Å². The number of nitrogens with zero attached hydrogens (tertiary/aromatic N) is 1. The summed E-state index contributed by atoms with van der Waals surface area (Å²) in [7, 11) is 0. The van der Waals surface area contributed by atoms with E-state index >= 15 is 0 Å². The number of nitrogens with one attached hydrogen (secondary N) is 2. The first-order chi connectivity index (χ1) is 11.2. The molecule has 116 valence electrons. The highest BCUT2D eigenvalue weighted by Crippen LogP contribution is 2.24. The molecule has 1 unspecified atom stereocenters. The molecule has 0 aliphatic carbocycles. The van der Waals surface area contributed by atoms with E-state index in [0.29, 0.717) is 0 Å². The minimum absolute atomic E-state index is 0.0851. The highest BCUT2D eigenvalue weighted by Gasteiger charge is 2.09. The molecule has 0 bridgehead atoms. The molecule has 3 rings (SSSR count). The number of carbonyl (C=O) groups excluding carboxylic acids is 1. The molecule has 2 aromatic heterocycles. The largest absolute Gasteiger partial charge is 0.331 e.